The second kappa shape index (κ2) is 8.70. The van der Waals surface area contributed by atoms with Gasteiger partial charge in [0.2, 0.25) is 10.0 Å². The van der Waals surface area contributed by atoms with Crippen LogP contribution in [0.4, 0.5) is 0 Å². The van der Waals surface area contributed by atoms with Gasteiger partial charge >= 0.3 is 11.9 Å². The highest BCUT2D eigenvalue weighted by atomic mass is 32.2. The molecule has 0 bridgehead atoms. The van der Waals surface area contributed by atoms with E-state index in [2.05, 4.69) is 24.4 Å². The molecule has 0 fully saturated rings. The highest BCUT2D eigenvalue weighted by Crippen LogP contribution is 2.19. The molecule has 0 atom stereocenters. The number of hydrogen-bond acceptors (Lipinski definition) is 8. The Morgan fingerprint density at radius 3 is 2.31 bits per heavy atom. The van der Waals surface area contributed by atoms with E-state index in [1.807, 2.05) is 4.57 Å². The van der Waals surface area contributed by atoms with Crippen LogP contribution < -0.4 is 4.72 Å². The summed E-state index contributed by atoms with van der Waals surface area (Å²) in [6.45, 7) is 0.676. The number of nitrogens with one attached hydrogen (secondary N) is 1. The SMILES string of the molecule is COC(=O)c1cc(C(=O)OC)cc(S(=O)(=O)NCc2nnc3n2CCCCC3)c1. The Morgan fingerprint density at radius 2 is 1.69 bits per heavy atom. The Bertz CT molecular complexity index is 997. The van der Waals surface area contributed by atoms with Gasteiger partial charge in [-0.15, -0.1) is 10.2 Å². The summed E-state index contributed by atoms with van der Waals surface area (Å²) in [6.07, 6.45) is 3.91. The fraction of sp³-hybridized carbons (Fsp3) is 0.444. The number of esters is 2. The molecule has 2 aromatic rings. The van der Waals surface area contributed by atoms with E-state index in [-0.39, 0.29) is 22.6 Å². The van der Waals surface area contributed by atoms with Crippen molar-refractivity contribution < 1.29 is 27.5 Å². The Hall–Kier alpha value is -2.79. The summed E-state index contributed by atoms with van der Waals surface area (Å²) in [7, 11) is -1.72. The maximum Gasteiger partial charge on any atom is 0.337 e. The molecule has 29 heavy (non-hydrogen) atoms. The molecule has 0 unspecified atom stereocenters. The van der Waals surface area contributed by atoms with Crippen LogP contribution in [0, 0.1) is 0 Å². The minimum absolute atomic E-state index is 0.0641. The Kier molecular flexibility index (Phi) is 6.28. The number of methoxy groups -OCH3 is 2. The molecule has 156 valence electrons. The molecular formula is C18H22N4O6S. The summed E-state index contributed by atoms with van der Waals surface area (Å²) < 4.78 is 39.3. The lowest BCUT2D eigenvalue weighted by molar-refractivity contribution is 0.0598. The van der Waals surface area contributed by atoms with Gasteiger partial charge in [0.05, 0.1) is 36.8 Å². The van der Waals surface area contributed by atoms with E-state index in [0.29, 0.717) is 5.82 Å². The van der Waals surface area contributed by atoms with E-state index in [4.69, 9.17) is 0 Å². The second-order valence-corrected chi connectivity index (χ2v) is 8.32. The molecule has 11 heteroatoms. The van der Waals surface area contributed by atoms with Crippen LogP contribution in [0.2, 0.25) is 0 Å². The van der Waals surface area contributed by atoms with E-state index in [0.717, 1.165) is 64.4 Å². The number of benzene rings is 1. The van der Waals surface area contributed by atoms with Gasteiger partial charge in [0.25, 0.3) is 0 Å². The van der Waals surface area contributed by atoms with Crippen molar-refractivity contribution >= 4 is 22.0 Å². The zero-order valence-electron chi connectivity index (χ0n) is 16.2. The van der Waals surface area contributed by atoms with Crippen molar-refractivity contribution in [3.05, 3.63) is 41.0 Å². The van der Waals surface area contributed by atoms with E-state index >= 15 is 0 Å². The van der Waals surface area contributed by atoms with E-state index in [9.17, 15) is 18.0 Å². The van der Waals surface area contributed by atoms with Gasteiger partial charge in [-0.05, 0) is 31.0 Å². The minimum Gasteiger partial charge on any atom is -0.465 e. The Morgan fingerprint density at radius 1 is 1.03 bits per heavy atom. The highest BCUT2D eigenvalue weighted by molar-refractivity contribution is 7.89. The van der Waals surface area contributed by atoms with E-state index in [1.54, 1.807) is 0 Å². The van der Waals surface area contributed by atoms with Crippen LogP contribution in [0.1, 0.15) is 51.6 Å². The summed E-state index contributed by atoms with van der Waals surface area (Å²) >= 11 is 0. The molecule has 0 spiro atoms. The van der Waals surface area contributed by atoms with Crippen molar-refractivity contribution in [2.75, 3.05) is 14.2 Å². The van der Waals surface area contributed by atoms with Crippen LogP contribution in [0.25, 0.3) is 0 Å². The first-order valence-electron chi connectivity index (χ1n) is 9.08. The van der Waals surface area contributed by atoms with Gasteiger partial charge in [-0.1, -0.05) is 6.42 Å². The van der Waals surface area contributed by atoms with E-state index in [1.165, 1.54) is 6.07 Å². The van der Waals surface area contributed by atoms with Crippen LogP contribution in [-0.2, 0) is 39.0 Å². The summed E-state index contributed by atoms with van der Waals surface area (Å²) in [5.41, 5.74) is -0.153. The van der Waals surface area contributed by atoms with Crippen molar-refractivity contribution in [3.63, 3.8) is 0 Å². The maximum absolute atomic E-state index is 12.8. The van der Waals surface area contributed by atoms with Gasteiger partial charge in [-0.2, -0.15) is 0 Å². The third kappa shape index (κ3) is 4.62. The van der Waals surface area contributed by atoms with Crippen molar-refractivity contribution in [1.29, 1.82) is 0 Å². The average Bonchev–Trinajstić information content (AvgIpc) is 2.96. The fourth-order valence-electron chi connectivity index (χ4n) is 3.14. The van der Waals surface area contributed by atoms with Gasteiger partial charge in [0.15, 0.2) is 0 Å². The molecule has 0 radical (unpaired) electrons. The number of rotatable bonds is 6. The zero-order chi connectivity index (χ0) is 21.0. The largest absolute Gasteiger partial charge is 0.465 e. The molecule has 1 aromatic carbocycles. The first-order chi connectivity index (χ1) is 13.9. The van der Waals surface area contributed by atoms with Crippen molar-refractivity contribution in [2.24, 2.45) is 0 Å². The van der Waals surface area contributed by atoms with Crippen molar-refractivity contribution in [3.8, 4) is 0 Å². The topological polar surface area (TPSA) is 129 Å². The van der Waals surface area contributed by atoms with Crippen molar-refractivity contribution in [2.45, 2.75) is 43.7 Å². The molecular weight excluding hydrogens is 400 g/mol. The molecule has 1 aromatic heterocycles. The third-order valence-corrected chi connectivity index (χ3v) is 6.05. The number of carbonyl (C=O) groups excluding carboxylic acids is 2. The Labute approximate surface area is 168 Å². The van der Waals surface area contributed by atoms with Gasteiger partial charge in [0.1, 0.15) is 11.6 Å². The lowest BCUT2D eigenvalue weighted by Crippen LogP contribution is -2.26. The van der Waals surface area contributed by atoms with Crippen LogP contribution >= 0.6 is 0 Å². The summed E-state index contributed by atoms with van der Waals surface area (Å²) in [5.74, 6) is -0.176. The zero-order valence-corrected chi connectivity index (χ0v) is 17.0. The van der Waals surface area contributed by atoms with Crippen LogP contribution in [0.15, 0.2) is 23.1 Å². The lowest BCUT2D eigenvalue weighted by Gasteiger charge is -2.11. The number of aromatic nitrogens is 3. The second-order valence-electron chi connectivity index (χ2n) is 6.55. The quantitative estimate of drug-likeness (QED) is 0.684. The number of ether oxygens (including phenoxy) is 2. The molecule has 0 saturated heterocycles. The number of aryl methyl sites for hydroxylation is 1. The third-order valence-electron chi connectivity index (χ3n) is 4.67. The average molecular weight is 422 g/mol. The van der Waals surface area contributed by atoms with Crippen LogP contribution in [-0.4, -0.2) is 49.3 Å². The predicted molar refractivity (Wildman–Crippen MR) is 101 cm³/mol. The Balaban J connectivity index is 1.88. The standard InChI is InChI=1S/C18H22N4O6S/c1-27-17(23)12-8-13(18(24)28-2)10-14(9-12)29(25,26)19-11-16-21-20-15-6-4-3-5-7-22(15)16/h8-10,19H,3-7,11H2,1-2H3. The van der Waals surface area contributed by atoms with Gasteiger partial charge in [-0.25, -0.2) is 22.7 Å². The van der Waals surface area contributed by atoms with Crippen LogP contribution in [0.5, 0.6) is 0 Å². The number of carbonyl (C=O) groups is 2. The van der Waals surface area contributed by atoms with Gasteiger partial charge < -0.3 is 14.0 Å². The highest BCUT2D eigenvalue weighted by Gasteiger charge is 2.22. The van der Waals surface area contributed by atoms with Gasteiger partial charge in [0, 0.05) is 13.0 Å². The van der Waals surface area contributed by atoms with E-state index < -0.39 is 22.0 Å². The smallest absolute Gasteiger partial charge is 0.337 e. The lowest BCUT2D eigenvalue weighted by atomic mass is 10.1. The van der Waals surface area contributed by atoms with Crippen molar-refractivity contribution in [1.82, 2.24) is 19.5 Å². The molecule has 0 aliphatic carbocycles. The van der Waals surface area contributed by atoms with Crippen LogP contribution in [0.3, 0.4) is 0 Å². The summed E-state index contributed by atoms with van der Waals surface area (Å²) in [5, 5.41) is 8.23. The predicted octanol–water partition coefficient (Wildman–Crippen LogP) is 1.06. The number of fused-ring (bicyclic) bond motifs is 1. The number of sulfonamides is 1. The first kappa shape index (κ1) is 20.9. The molecule has 1 aliphatic rings. The number of nitrogens with zero attached hydrogens (tertiary/aromatic N) is 3. The minimum atomic E-state index is -4.05. The van der Waals surface area contributed by atoms with Gasteiger partial charge in [-0.3, -0.25) is 0 Å². The monoisotopic (exact) mass is 422 g/mol. The molecule has 2 heterocycles. The molecule has 10 nitrogen and oxygen atoms in total. The molecule has 1 aliphatic heterocycles. The molecule has 0 amide bonds. The molecule has 3 rings (SSSR count). The normalized spacial score (nSPS) is 14.0. The fourth-order valence-corrected chi connectivity index (χ4v) is 4.19. The summed E-state index contributed by atoms with van der Waals surface area (Å²) in [4.78, 5) is 23.5. The summed E-state index contributed by atoms with van der Waals surface area (Å²) in [6, 6.07) is 3.50. The molecule has 0 saturated carbocycles. The maximum atomic E-state index is 12.8. The number of hydrogen-bond donors (Lipinski definition) is 1. The first-order valence-corrected chi connectivity index (χ1v) is 10.6. The molecule has 1 N–H and O–H groups in total.